The normalized spacial score (nSPS) is 10.8. The summed E-state index contributed by atoms with van der Waals surface area (Å²) in [5, 5.41) is 17.0. The number of carbonyl (C=O) groups is 1. The van der Waals surface area contributed by atoms with Crippen molar-refractivity contribution < 1.29 is 9.90 Å². The topological polar surface area (TPSA) is 88.0 Å². The number of carboxylic acids is 1. The van der Waals surface area contributed by atoms with E-state index in [-0.39, 0.29) is 5.56 Å². The van der Waals surface area contributed by atoms with Crippen LogP contribution >= 0.6 is 0 Å². The lowest BCUT2D eigenvalue weighted by Gasteiger charge is -2.01. The lowest BCUT2D eigenvalue weighted by molar-refractivity contribution is 0.0698. The minimum atomic E-state index is -1.02. The van der Waals surface area contributed by atoms with Crippen LogP contribution in [0.3, 0.4) is 0 Å². The summed E-state index contributed by atoms with van der Waals surface area (Å²) in [6, 6.07) is 11.7. The van der Waals surface area contributed by atoms with Crippen molar-refractivity contribution in [2.75, 3.05) is 5.73 Å². The molecule has 3 N–H and O–H groups in total. The second-order valence-electron chi connectivity index (χ2n) is 4.06. The number of benzene rings is 2. The summed E-state index contributed by atoms with van der Waals surface area (Å²) in [5.41, 5.74) is 8.38. The van der Waals surface area contributed by atoms with Crippen molar-refractivity contribution in [2.24, 2.45) is 10.2 Å². The molecule has 5 heteroatoms. The van der Waals surface area contributed by atoms with E-state index in [1.54, 1.807) is 36.4 Å². The fourth-order valence-electron chi connectivity index (χ4n) is 1.58. The molecule has 0 aliphatic carbocycles. The Labute approximate surface area is 110 Å². The minimum Gasteiger partial charge on any atom is -0.478 e. The van der Waals surface area contributed by atoms with E-state index in [0.717, 1.165) is 5.56 Å². The second-order valence-corrected chi connectivity index (χ2v) is 4.06. The van der Waals surface area contributed by atoms with E-state index in [1.165, 1.54) is 6.07 Å². The number of rotatable bonds is 3. The number of azo groups is 1. The van der Waals surface area contributed by atoms with Gasteiger partial charge in [0.25, 0.3) is 0 Å². The Bertz CT molecular complexity index is 651. The summed E-state index contributed by atoms with van der Waals surface area (Å²) in [4.78, 5) is 11.0. The van der Waals surface area contributed by atoms with Gasteiger partial charge in [-0.15, -0.1) is 5.11 Å². The van der Waals surface area contributed by atoms with Gasteiger partial charge in [-0.1, -0.05) is 12.1 Å². The number of nitrogen functional groups attached to an aromatic ring is 1. The highest BCUT2D eigenvalue weighted by atomic mass is 16.4. The zero-order chi connectivity index (χ0) is 13.8. The summed E-state index contributed by atoms with van der Waals surface area (Å²) in [6.07, 6.45) is 0. The van der Waals surface area contributed by atoms with Crippen molar-refractivity contribution in [3.05, 3.63) is 53.6 Å². The van der Waals surface area contributed by atoms with Crippen LogP contribution in [0.5, 0.6) is 0 Å². The number of aromatic carboxylic acids is 1. The van der Waals surface area contributed by atoms with Gasteiger partial charge in [0.1, 0.15) is 5.69 Å². The summed E-state index contributed by atoms with van der Waals surface area (Å²) >= 11 is 0. The van der Waals surface area contributed by atoms with Crippen LogP contribution in [0.25, 0.3) is 0 Å². The van der Waals surface area contributed by atoms with Gasteiger partial charge in [-0.05, 0) is 42.8 Å². The van der Waals surface area contributed by atoms with Crippen LogP contribution in [-0.4, -0.2) is 11.1 Å². The van der Waals surface area contributed by atoms with E-state index in [4.69, 9.17) is 10.8 Å². The highest BCUT2D eigenvalue weighted by molar-refractivity contribution is 5.93. The Balaban J connectivity index is 2.32. The Morgan fingerprint density at radius 1 is 1.16 bits per heavy atom. The van der Waals surface area contributed by atoms with Gasteiger partial charge in [0, 0.05) is 5.69 Å². The lowest BCUT2D eigenvalue weighted by atomic mass is 10.2. The summed E-state index contributed by atoms with van der Waals surface area (Å²) < 4.78 is 0. The third-order valence-corrected chi connectivity index (χ3v) is 2.66. The van der Waals surface area contributed by atoms with Gasteiger partial charge in [0.05, 0.1) is 11.3 Å². The van der Waals surface area contributed by atoms with E-state index < -0.39 is 5.97 Å². The zero-order valence-electron chi connectivity index (χ0n) is 10.4. The predicted molar refractivity (Wildman–Crippen MR) is 73.2 cm³/mol. The first-order valence-electron chi connectivity index (χ1n) is 5.68. The van der Waals surface area contributed by atoms with Crippen molar-refractivity contribution in [1.29, 1.82) is 0 Å². The van der Waals surface area contributed by atoms with Crippen LogP contribution in [0.4, 0.5) is 17.1 Å². The highest BCUT2D eigenvalue weighted by Crippen LogP contribution is 2.24. The maximum Gasteiger partial charge on any atom is 0.337 e. The van der Waals surface area contributed by atoms with Gasteiger partial charge in [-0.3, -0.25) is 0 Å². The molecule has 0 atom stereocenters. The third kappa shape index (κ3) is 2.95. The fourth-order valence-corrected chi connectivity index (χ4v) is 1.58. The van der Waals surface area contributed by atoms with Crippen molar-refractivity contribution in [2.45, 2.75) is 6.92 Å². The largest absolute Gasteiger partial charge is 0.478 e. The summed E-state index contributed by atoms with van der Waals surface area (Å²) in [7, 11) is 0. The van der Waals surface area contributed by atoms with Gasteiger partial charge >= 0.3 is 5.97 Å². The molecule has 2 aromatic carbocycles. The van der Waals surface area contributed by atoms with Crippen molar-refractivity contribution in [1.82, 2.24) is 0 Å². The minimum absolute atomic E-state index is 0.124. The Hall–Kier alpha value is -2.69. The van der Waals surface area contributed by atoms with Gasteiger partial charge < -0.3 is 10.8 Å². The van der Waals surface area contributed by atoms with E-state index in [0.29, 0.717) is 17.1 Å². The quantitative estimate of drug-likeness (QED) is 0.647. The molecule has 0 heterocycles. The van der Waals surface area contributed by atoms with Crippen molar-refractivity contribution >= 4 is 23.0 Å². The molecule has 0 fully saturated rings. The van der Waals surface area contributed by atoms with Crippen molar-refractivity contribution in [3.8, 4) is 0 Å². The molecule has 0 radical (unpaired) electrons. The number of carboxylic acid groups (broad SMARTS) is 1. The van der Waals surface area contributed by atoms with E-state index in [1.807, 2.05) is 6.92 Å². The molecule has 2 rings (SSSR count). The molecule has 19 heavy (non-hydrogen) atoms. The zero-order valence-corrected chi connectivity index (χ0v) is 10.4. The van der Waals surface area contributed by atoms with E-state index in [2.05, 4.69) is 10.2 Å². The SMILES string of the molecule is Cc1cc(N=Nc2ccccc2C(=O)O)ccc1N. The molecule has 0 aliphatic heterocycles. The maximum atomic E-state index is 11.0. The number of nitrogens with two attached hydrogens (primary N) is 1. The van der Waals surface area contributed by atoms with Gasteiger partial charge in [0.15, 0.2) is 0 Å². The molecule has 96 valence electrons. The molecule has 2 aromatic rings. The van der Waals surface area contributed by atoms with Crippen LogP contribution in [0.15, 0.2) is 52.7 Å². The van der Waals surface area contributed by atoms with Gasteiger partial charge in [0.2, 0.25) is 0 Å². The summed E-state index contributed by atoms with van der Waals surface area (Å²) in [5.74, 6) is -1.02. The second kappa shape index (κ2) is 5.30. The van der Waals surface area contributed by atoms with Crippen LogP contribution in [0.1, 0.15) is 15.9 Å². The Morgan fingerprint density at radius 2 is 1.89 bits per heavy atom. The standard InChI is InChI=1S/C14H13N3O2/c1-9-8-10(6-7-12(9)15)16-17-13-5-3-2-4-11(13)14(18)19/h2-8H,15H2,1H3,(H,18,19). The molecule has 5 nitrogen and oxygen atoms in total. The van der Waals surface area contributed by atoms with Crippen LogP contribution in [0, 0.1) is 6.92 Å². The number of hydrogen-bond donors (Lipinski definition) is 2. The molecule has 0 amide bonds. The molecular weight excluding hydrogens is 242 g/mol. The lowest BCUT2D eigenvalue weighted by Crippen LogP contribution is -1.95. The van der Waals surface area contributed by atoms with Crippen LogP contribution in [0.2, 0.25) is 0 Å². The van der Waals surface area contributed by atoms with Gasteiger partial charge in [-0.25, -0.2) is 4.79 Å². The Morgan fingerprint density at radius 3 is 2.58 bits per heavy atom. The van der Waals surface area contributed by atoms with Gasteiger partial charge in [-0.2, -0.15) is 5.11 Å². The Kier molecular flexibility index (Phi) is 3.56. The fraction of sp³-hybridized carbons (Fsp3) is 0.0714. The van der Waals surface area contributed by atoms with Crippen LogP contribution in [-0.2, 0) is 0 Å². The number of nitrogens with zero attached hydrogens (tertiary/aromatic N) is 2. The van der Waals surface area contributed by atoms with Crippen LogP contribution < -0.4 is 5.73 Å². The molecule has 0 saturated carbocycles. The highest BCUT2D eigenvalue weighted by Gasteiger charge is 2.07. The first-order chi connectivity index (χ1) is 9.08. The summed E-state index contributed by atoms with van der Waals surface area (Å²) in [6.45, 7) is 1.87. The van der Waals surface area contributed by atoms with E-state index in [9.17, 15) is 4.79 Å². The number of hydrogen-bond acceptors (Lipinski definition) is 4. The molecule has 0 bridgehead atoms. The van der Waals surface area contributed by atoms with E-state index >= 15 is 0 Å². The first kappa shape index (κ1) is 12.8. The molecule has 0 saturated heterocycles. The first-order valence-corrected chi connectivity index (χ1v) is 5.68. The van der Waals surface area contributed by atoms with Crippen molar-refractivity contribution in [3.63, 3.8) is 0 Å². The number of anilines is 1. The smallest absolute Gasteiger partial charge is 0.337 e. The molecule has 0 aliphatic rings. The molecule has 0 aromatic heterocycles. The average molecular weight is 255 g/mol. The molecule has 0 spiro atoms. The average Bonchev–Trinajstić information content (AvgIpc) is 2.40. The molecular formula is C14H13N3O2. The predicted octanol–water partition coefficient (Wildman–Crippen LogP) is 3.69. The molecule has 0 unspecified atom stereocenters. The number of aryl methyl sites for hydroxylation is 1. The monoisotopic (exact) mass is 255 g/mol. The third-order valence-electron chi connectivity index (χ3n) is 2.66. The maximum absolute atomic E-state index is 11.0.